The van der Waals surface area contributed by atoms with E-state index in [-0.39, 0.29) is 5.82 Å². The van der Waals surface area contributed by atoms with Crippen molar-refractivity contribution in [3.8, 4) is 0 Å². The van der Waals surface area contributed by atoms with Gasteiger partial charge in [-0.3, -0.25) is 0 Å². The Bertz CT molecular complexity index is 610. The summed E-state index contributed by atoms with van der Waals surface area (Å²) >= 11 is 0. The van der Waals surface area contributed by atoms with E-state index in [1.165, 1.54) is 17.7 Å². The average Bonchev–Trinajstić information content (AvgIpc) is 2.47. The number of hydrogen-bond acceptors (Lipinski definition) is 2. The number of hydrogen-bond donors (Lipinski definition) is 0. The van der Waals surface area contributed by atoms with Crippen LogP contribution in [0.3, 0.4) is 0 Å². The summed E-state index contributed by atoms with van der Waals surface area (Å²) in [6, 6.07) is 14.1. The first kappa shape index (κ1) is 13.9. The average molecular weight is 266 g/mol. The Kier molecular flexibility index (Phi) is 4.95. The first-order valence-electron chi connectivity index (χ1n) is 6.30. The maximum Gasteiger partial charge on any atom is 0.123 e. The molecular formula is C17H15FN2. The van der Waals surface area contributed by atoms with Gasteiger partial charge in [0.05, 0.1) is 12.4 Å². The summed E-state index contributed by atoms with van der Waals surface area (Å²) in [6.07, 6.45) is 6.00. The van der Waals surface area contributed by atoms with Crippen molar-refractivity contribution in [3.63, 3.8) is 0 Å². The van der Waals surface area contributed by atoms with Crippen LogP contribution >= 0.6 is 0 Å². The van der Waals surface area contributed by atoms with Crippen LogP contribution in [-0.4, -0.2) is 12.4 Å². The van der Waals surface area contributed by atoms with E-state index in [0.717, 1.165) is 17.5 Å². The molecular weight excluding hydrogens is 251 g/mol. The summed E-state index contributed by atoms with van der Waals surface area (Å²) < 4.78 is 12.7. The van der Waals surface area contributed by atoms with E-state index < -0.39 is 0 Å². The van der Waals surface area contributed by atoms with Gasteiger partial charge in [0.25, 0.3) is 0 Å². The van der Waals surface area contributed by atoms with Gasteiger partial charge in [0.2, 0.25) is 0 Å². The van der Waals surface area contributed by atoms with Crippen molar-refractivity contribution in [2.45, 2.75) is 6.42 Å². The van der Waals surface area contributed by atoms with E-state index >= 15 is 0 Å². The molecule has 0 aliphatic carbocycles. The molecule has 0 aliphatic heterocycles. The Morgan fingerprint density at radius 1 is 0.850 bits per heavy atom. The maximum absolute atomic E-state index is 12.7. The van der Waals surface area contributed by atoms with E-state index in [4.69, 9.17) is 0 Å². The van der Waals surface area contributed by atoms with Crippen molar-refractivity contribution in [3.05, 3.63) is 83.7 Å². The SMILES string of the molecule is C=CCc1ccc(C=NN=Cc2ccc(F)cc2)cc1. The molecule has 0 atom stereocenters. The van der Waals surface area contributed by atoms with Crippen LogP contribution < -0.4 is 0 Å². The molecule has 20 heavy (non-hydrogen) atoms. The normalized spacial score (nSPS) is 11.2. The zero-order chi connectivity index (χ0) is 14.2. The number of allylic oxidation sites excluding steroid dienone is 1. The Morgan fingerprint density at radius 2 is 1.35 bits per heavy atom. The summed E-state index contributed by atoms with van der Waals surface area (Å²) in [7, 11) is 0. The van der Waals surface area contributed by atoms with Gasteiger partial charge in [-0.1, -0.05) is 42.5 Å². The molecule has 2 nitrogen and oxygen atoms in total. The molecule has 0 bridgehead atoms. The highest BCUT2D eigenvalue weighted by atomic mass is 19.1. The molecule has 2 aromatic carbocycles. The smallest absolute Gasteiger partial charge is 0.123 e. The zero-order valence-corrected chi connectivity index (χ0v) is 11.0. The predicted molar refractivity (Wildman–Crippen MR) is 81.9 cm³/mol. The third-order valence-corrected chi connectivity index (χ3v) is 2.71. The molecule has 0 aromatic heterocycles. The Labute approximate surface area is 118 Å². The van der Waals surface area contributed by atoms with Crippen molar-refractivity contribution in [2.24, 2.45) is 10.2 Å². The Hall–Kier alpha value is -2.55. The minimum absolute atomic E-state index is 0.259. The van der Waals surface area contributed by atoms with E-state index in [9.17, 15) is 4.39 Å². The van der Waals surface area contributed by atoms with Gasteiger partial charge in [-0.25, -0.2) is 4.39 Å². The monoisotopic (exact) mass is 266 g/mol. The molecule has 0 radical (unpaired) electrons. The molecule has 0 saturated carbocycles. The highest BCUT2D eigenvalue weighted by molar-refractivity contribution is 5.82. The molecule has 0 unspecified atom stereocenters. The van der Waals surface area contributed by atoms with Crippen molar-refractivity contribution >= 4 is 12.4 Å². The summed E-state index contributed by atoms with van der Waals surface area (Å²) in [5.41, 5.74) is 3.01. The fourth-order valence-corrected chi connectivity index (χ4v) is 1.66. The maximum atomic E-state index is 12.7. The number of benzene rings is 2. The van der Waals surface area contributed by atoms with Crippen LogP contribution in [0.1, 0.15) is 16.7 Å². The van der Waals surface area contributed by atoms with E-state index in [0.29, 0.717) is 0 Å². The van der Waals surface area contributed by atoms with Crippen molar-refractivity contribution in [2.75, 3.05) is 0 Å². The van der Waals surface area contributed by atoms with Gasteiger partial charge >= 0.3 is 0 Å². The van der Waals surface area contributed by atoms with E-state index in [1.807, 2.05) is 30.3 Å². The highest BCUT2D eigenvalue weighted by Crippen LogP contribution is 2.04. The van der Waals surface area contributed by atoms with Crippen LogP contribution in [0, 0.1) is 5.82 Å². The number of halogens is 1. The number of nitrogens with zero attached hydrogens (tertiary/aromatic N) is 2. The summed E-state index contributed by atoms with van der Waals surface area (Å²) in [6.45, 7) is 3.70. The van der Waals surface area contributed by atoms with Crippen molar-refractivity contribution in [1.82, 2.24) is 0 Å². The zero-order valence-electron chi connectivity index (χ0n) is 11.0. The van der Waals surface area contributed by atoms with Gasteiger partial charge in [0.15, 0.2) is 0 Å². The molecule has 0 amide bonds. The lowest BCUT2D eigenvalue weighted by Crippen LogP contribution is -1.84. The fourth-order valence-electron chi connectivity index (χ4n) is 1.66. The quantitative estimate of drug-likeness (QED) is 0.444. The predicted octanol–water partition coefficient (Wildman–Crippen LogP) is 4.01. The molecule has 0 fully saturated rings. The van der Waals surface area contributed by atoms with E-state index in [1.54, 1.807) is 24.6 Å². The molecule has 0 N–H and O–H groups in total. The van der Waals surface area contributed by atoms with Crippen LogP contribution in [0.5, 0.6) is 0 Å². The van der Waals surface area contributed by atoms with Gasteiger partial charge in [-0.2, -0.15) is 10.2 Å². The molecule has 2 aromatic rings. The van der Waals surface area contributed by atoms with Gasteiger partial charge < -0.3 is 0 Å². The van der Waals surface area contributed by atoms with Crippen molar-refractivity contribution in [1.29, 1.82) is 0 Å². The first-order chi connectivity index (χ1) is 9.78. The lowest BCUT2D eigenvalue weighted by Gasteiger charge is -1.96. The third-order valence-electron chi connectivity index (χ3n) is 2.71. The summed E-state index contributed by atoms with van der Waals surface area (Å²) in [4.78, 5) is 0. The standard InChI is InChI=1S/C17H15FN2/c1-2-3-14-4-6-15(7-5-14)12-19-20-13-16-8-10-17(18)11-9-16/h2,4-13H,1,3H2. The van der Waals surface area contributed by atoms with Crippen LogP contribution in [0.15, 0.2) is 71.4 Å². The largest absolute Gasteiger partial charge is 0.207 e. The van der Waals surface area contributed by atoms with Crippen LogP contribution in [0.4, 0.5) is 4.39 Å². The lowest BCUT2D eigenvalue weighted by atomic mass is 10.1. The van der Waals surface area contributed by atoms with Gasteiger partial charge in [-0.15, -0.1) is 6.58 Å². The summed E-state index contributed by atoms with van der Waals surface area (Å²) in [5.74, 6) is -0.259. The topological polar surface area (TPSA) is 24.7 Å². The molecule has 2 rings (SSSR count). The van der Waals surface area contributed by atoms with Crippen molar-refractivity contribution < 1.29 is 4.39 Å². The molecule has 3 heteroatoms. The number of rotatable bonds is 5. The van der Waals surface area contributed by atoms with Crippen LogP contribution in [0.2, 0.25) is 0 Å². The third kappa shape index (κ3) is 4.28. The Morgan fingerprint density at radius 3 is 1.85 bits per heavy atom. The van der Waals surface area contributed by atoms with E-state index in [2.05, 4.69) is 16.8 Å². The molecule has 0 spiro atoms. The highest BCUT2D eigenvalue weighted by Gasteiger charge is 1.91. The minimum atomic E-state index is -0.259. The first-order valence-corrected chi connectivity index (χ1v) is 6.30. The molecule has 100 valence electrons. The van der Waals surface area contributed by atoms with Gasteiger partial charge in [-0.05, 0) is 35.2 Å². The second-order valence-electron chi connectivity index (χ2n) is 4.28. The second-order valence-corrected chi connectivity index (χ2v) is 4.28. The second kappa shape index (κ2) is 7.14. The molecule has 0 aliphatic rings. The molecule has 0 saturated heterocycles. The van der Waals surface area contributed by atoms with Gasteiger partial charge in [0.1, 0.15) is 5.82 Å². The minimum Gasteiger partial charge on any atom is -0.207 e. The van der Waals surface area contributed by atoms with Crippen LogP contribution in [-0.2, 0) is 6.42 Å². The van der Waals surface area contributed by atoms with Gasteiger partial charge in [0, 0.05) is 0 Å². The van der Waals surface area contributed by atoms with Crippen LogP contribution in [0.25, 0.3) is 0 Å². The molecule has 0 heterocycles. The Balaban J connectivity index is 1.95. The fraction of sp³-hybridized carbons (Fsp3) is 0.0588. The lowest BCUT2D eigenvalue weighted by molar-refractivity contribution is 0.628. The summed E-state index contributed by atoms with van der Waals surface area (Å²) in [5, 5.41) is 7.90.